The largest absolute Gasteiger partial charge is 0.388 e. The first-order chi connectivity index (χ1) is 8.56. The molecule has 0 bridgehead atoms. The maximum Gasteiger partial charge on any atom is 0.126 e. The van der Waals surface area contributed by atoms with Crippen LogP contribution in [0.15, 0.2) is 42.5 Å². The molecular formula is C14H11F3O. The fraction of sp³-hybridized carbons (Fsp3) is 0.143. The average molecular weight is 252 g/mol. The molecule has 2 aromatic carbocycles. The van der Waals surface area contributed by atoms with Crippen LogP contribution in [0.3, 0.4) is 0 Å². The minimum Gasteiger partial charge on any atom is -0.388 e. The second-order valence-corrected chi connectivity index (χ2v) is 4.01. The molecule has 94 valence electrons. The quantitative estimate of drug-likeness (QED) is 0.887. The van der Waals surface area contributed by atoms with Gasteiger partial charge in [-0.2, -0.15) is 0 Å². The van der Waals surface area contributed by atoms with Crippen LogP contribution in [0.25, 0.3) is 0 Å². The zero-order valence-corrected chi connectivity index (χ0v) is 9.41. The number of halogens is 3. The van der Waals surface area contributed by atoms with Crippen molar-refractivity contribution in [3.8, 4) is 0 Å². The standard InChI is InChI=1S/C14H11F3O/c15-11-3-1-2-9(6-11)14(18)8-10-7-12(16)4-5-13(10)17/h1-7,14,18H,8H2. The van der Waals surface area contributed by atoms with E-state index < -0.39 is 23.6 Å². The van der Waals surface area contributed by atoms with Gasteiger partial charge in [-0.15, -0.1) is 0 Å². The van der Waals surface area contributed by atoms with Crippen molar-refractivity contribution in [3.63, 3.8) is 0 Å². The predicted octanol–water partition coefficient (Wildman–Crippen LogP) is 3.38. The summed E-state index contributed by atoms with van der Waals surface area (Å²) in [6.07, 6.45) is -1.18. The molecule has 2 aromatic rings. The van der Waals surface area contributed by atoms with E-state index in [1.165, 1.54) is 24.3 Å². The summed E-state index contributed by atoms with van der Waals surface area (Å²) in [5, 5.41) is 9.86. The molecule has 0 radical (unpaired) electrons. The Kier molecular flexibility index (Phi) is 3.67. The van der Waals surface area contributed by atoms with Crippen LogP contribution < -0.4 is 0 Å². The minimum atomic E-state index is -1.07. The van der Waals surface area contributed by atoms with Crippen LogP contribution in [-0.4, -0.2) is 5.11 Å². The molecule has 4 heteroatoms. The third-order valence-electron chi connectivity index (χ3n) is 2.65. The molecule has 0 aliphatic carbocycles. The van der Waals surface area contributed by atoms with Crippen LogP contribution in [0.1, 0.15) is 17.2 Å². The highest BCUT2D eigenvalue weighted by Crippen LogP contribution is 2.21. The van der Waals surface area contributed by atoms with Crippen LogP contribution in [0.2, 0.25) is 0 Å². The number of hydrogen-bond donors (Lipinski definition) is 1. The van der Waals surface area contributed by atoms with Crippen LogP contribution >= 0.6 is 0 Å². The zero-order chi connectivity index (χ0) is 13.1. The molecule has 0 aliphatic rings. The molecule has 0 heterocycles. The van der Waals surface area contributed by atoms with E-state index in [4.69, 9.17) is 0 Å². The molecule has 2 rings (SSSR count). The molecule has 1 atom stereocenters. The molecule has 18 heavy (non-hydrogen) atoms. The first-order valence-electron chi connectivity index (χ1n) is 5.44. The summed E-state index contributed by atoms with van der Waals surface area (Å²) < 4.78 is 39.3. The van der Waals surface area contributed by atoms with Gasteiger partial charge in [0, 0.05) is 6.42 Å². The van der Waals surface area contributed by atoms with Crippen LogP contribution in [0.4, 0.5) is 13.2 Å². The Balaban J connectivity index is 2.21. The SMILES string of the molecule is OC(Cc1cc(F)ccc1F)c1cccc(F)c1. The van der Waals surface area contributed by atoms with Crippen molar-refractivity contribution in [2.75, 3.05) is 0 Å². The molecule has 0 saturated heterocycles. The number of hydrogen-bond acceptors (Lipinski definition) is 1. The van der Waals surface area contributed by atoms with Gasteiger partial charge in [-0.05, 0) is 41.5 Å². The Hall–Kier alpha value is -1.81. The third-order valence-corrected chi connectivity index (χ3v) is 2.65. The molecule has 0 spiro atoms. The molecular weight excluding hydrogens is 241 g/mol. The highest BCUT2D eigenvalue weighted by Gasteiger charge is 2.13. The van der Waals surface area contributed by atoms with E-state index in [9.17, 15) is 18.3 Å². The fourth-order valence-corrected chi connectivity index (χ4v) is 1.74. The van der Waals surface area contributed by atoms with E-state index in [2.05, 4.69) is 0 Å². The lowest BCUT2D eigenvalue weighted by molar-refractivity contribution is 0.176. The maximum absolute atomic E-state index is 13.4. The first-order valence-corrected chi connectivity index (χ1v) is 5.44. The lowest BCUT2D eigenvalue weighted by atomic mass is 10.0. The van der Waals surface area contributed by atoms with Crippen molar-refractivity contribution in [2.24, 2.45) is 0 Å². The molecule has 1 nitrogen and oxygen atoms in total. The van der Waals surface area contributed by atoms with Crippen molar-refractivity contribution in [2.45, 2.75) is 12.5 Å². The summed E-state index contributed by atoms with van der Waals surface area (Å²) >= 11 is 0. The Morgan fingerprint density at radius 2 is 1.67 bits per heavy atom. The summed E-state index contributed by atoms with van der Waals surface area (Å²) in [6, 6.07) is 8.44. The van der Waals surface area contributed by atoms with Gasteiger partial charge in [-0.1, -0.05) is 12.1 Å². The number of aliphatic hydroxyl groups is 1. The summed E-state index contributed by atoms with van der Waals surface area (Å²) in [4.78, 5) is 0. The van der Waals surface area contributed by atoms with E-state index in [0.29, 0.717) is 5.56 Å². The molecule has 0 fully saturated rings. The molecule has 1 N–H and O–H groups in total. The van der Waals surface area contributed by atoms with Gasteiger partial charge in [0.15, 0.2) is 0 Å². The van der Waals surface area contributed by atoms with Crippen molar-refractivity contribution >= 4 is 0 Å². The zero-order valence-electron chi connectivity index (χ0n) is 9.41. The van der Waals surface area contributed by atoms with Gasteiger partial charge >= 0.3 is 0 Å². The Bertz CT molecular complexity index is 554. The van der Waals surface area contributed by atoms with Gasteiger partial charge < -0.3 is 5.11 Å². The van der Waals surface area contributed by atoms with Crippen LogP contribution in [0, 0.1) is 17.5 Å². The van der Waals surface area contributed by atoms with Crippen molar-refractivity contribution in [1.29, 1.82) is 0 Å². The molecule has 0 saturated carbocycles. The van der Waals surface area contributed by atoms with Crippen molar-refractivity contribution < 1.29 is 18.3 Å². The smallest absolute Gasteiger partial charge is 0.126 e. The lowest BCUT2D eigenvalue weighted by Crippen LogP contribution is -2.04. The van der Waals surface area contributed by atoms with Crippen molar-refractivity contribution in [1.82, 2.24) is 0 Å². The molecule has 0 amide bonds. The highest BCUT2D eigenvalue weighted by molar-refractivity contribution is 5.24. The Labute approximate surface area is 103 Å². The van der Waals surface area contributed by atoms with E-state index in [1.54, 1.807) is 0 Å². The Morgan fingerprint density at radius 1 is 0.944 bits per heavy atom. The van der Waals surface area contributed by atoms with Gasteiger partial charge in [0.2, 0.25) is 0 Å². The van der Waals surface area contributed by atoms with Crippen LogP contribution in [-0.2, 0) is 6.42 Å². The summed E-state index contributed by atoms with van der Waals surface area (Å²) in [5.74, 6) is -1.64. The normalized spacial score (nSPS) is 12.4. The van der Waals surface area contributed by atoms with Gasteiger partial charge in [-0.3, -0.25) is 0 Å². The third kappa shape index (κ3) is 2.90. The highest BCUT2D eigenvalue weighted by atomic mass is 19.1. The fourth-order valence-electron chi connectivity index (χ4n) is 1.74. The Morgan fingerprint density at radius 3 is 2.39 bits per heavy atom. The van der Waals surface area contributed by atoms with Gasteiger partial charge in [0.05, 0.1) is 6.10 Å². The number of aliphatic hydroxyl groups excluding tert-OH is 1. The second kappa shape index (κ2) is 5.23. The second-order valence-electron chi connectivity index (χ2n) is 4.01. The van der Waals surface area contributed by atoms with Crippen LogP contribution in [0.5, 0.6) is 0 Å². The van der Waals surface area contributed by atoms with E-state index in [-0.39, 0.29) is 12.0 Å². The number of benzene rings is 2. The van der Waals surface area contributed by atoms with E-state index in [1.807, 2.05) is 0 Å². The summed E-state index contributed by atoms with van der Waals surface area (Å²) in [5.41, 5.74) is 0.394. The molecule has 1 unspecified atom stereocenters. The van der Waals surface area contributed by atoms with Gasteiger partial charge in [-0.25, -0.2) is 13.2 Å². The topological polar surface area (TPSA) is 20.2 Å². The maximum atomic E-state index is 13.4. The summed E-state index contributed by atoms with van der Waals surface area (Å²) in [7, 11) is 0. The average Bonchev–Trinajstić information content (AvgIpc) is 2.34. The lowest BCUT2D eigenvalue weighted by Gasteiger charge is -2.11. The van der Waals surface area contributed by atoms with E-state index in [0.717, 1.165) is 18.2 Å². The molecule has 0 aliphatic heterocycles. The van der Waals surface area contributed by atoms with Gasteiger partial charge in [0.1, 0.15) is 17.5 Å². The summed E-state index contributed by atoms with van der Waals surface area (Å²) in [6.45, 7) is 0. The predicted molar refractivity (Wildman–Crippen MR) is 61.4 cm³/mol. The number of rotatable bonds is 3. The minimum absolute atomic E-state index is 0.0618. The van der Waals surface area contributed by atoms with Crippen molar-refractivity contribution in [3.05, 3.63) is 71.0 Å². The van der Waals surface area contributed by atoms with Gasteiger partial charge in [0.25, 0.3) is 0 Å². The molecule has 0 aromatic heterocycles. The first kappa shape index (κ1) is 12.6. The van der Waals surface area contributed by atoms with E-state index >= 15 is 0 Å². The monoisotopic (exact) mass is 252 g/mol.